The van der Waals surface area contributed by atoms with Gasteiger partial charge in [0.25, 0.3) is 5.91 Å². The second kappa shape index (κ2) is 8.59. The Hall–Kier alpha value is -2.21. The van der Waals surface area contributed by atoms with Gasteiger partial charge in [0.1, 0.15) is 12.7 Å². The van der Waals surface area contributed by atoms with Crippen LogP contribution >= 0.6 is 0 Å². The number of nitrogens with one attached hydrogen (secondary N) is 1. The van der Waals surface area contributed by atoms with Crippen LogP contribution in [-0.4, -0.2) is 51.8 Å². The fraction of sp³-hybridized carbons (Fsp3) is 0.500. The fourth-order valence-corrected chi connectivity index (χ4v) is 3.07. The van der Waals surface area contributed by atoms with Crippen molar-refractivity contribution in [3.63, 3.8) is 0 Å². The number of rotatable bonds is 6. The van der Waals surface area contributed by atoms with Gasteiger partial charge in [-0.15, -0.1) is 0 Å². The van der Waals surface area contributed by atoms with Gasteiger partial charge in [-0.25, -0.2) is 9.67 Å². The minimum atomic E-state index is -0.0176. The van der Waals surface area contributed by atoms with E-state index in [1.807, 2.05) is 24.3 Å². The van der Waals surface area contributed by atoms with Gasteiger partial charge >= 0.3 is 0 Å². The maximum absolute atomic E-state index is 12.2. The van der Waals surface area contributed by atoms with Gasteiger partial charge < -0.3 is 10.2 Å². The highest BCUT2D eigenvalue weighted by Crippen LogP contribution is 2.10. The third kappa shape index (κ3) is 4.64. The Morgan fingerprint density at radius 2 is 1.83 bits per heavy atom. The van der Waals surface area contributed by atoms with Gasteiger partial charge in [0.15, 0.2) is 0 Å². The molecule has 0 atom stereocenters. The van der Waals surface area contributed by atoms with Crippen molar-refractivity contribution < 1.29 is 4.79 Å². The Morgan fingerprint density at radius 1 is 1.08 bits per heavy atom. The summed E-state index contributed by atoms with van der Waals surface area (Å²) >= 11 is 0. The molecule has 1 aliphatic heterocycles. The largest absolute Gasteiger partial charge is 0.352 e. The molecule has 0 saturated carbocycles. The molecule has 1 aromatic heterocycles. The molecule has 128 valence electrons. The van der Waals surface area contributed by atoms with Crippen LogP contribution in [0.2, 0.25) is 0 Å². The molecule has 1 N–H and O–H groups in total. The number of carbonyl (C=O) groups is 1. The molecule has 1 amide bonds. The van der Waals surface area contributed by atoms with Crippen molar-refractivity contribution in [2.75, 3.05) is 26.2 Å². The third-order valence-corrected chi connectivity index (χ3v) is 4.45. The molecule has 1 saturated heterocycles. The van der Waals surface area contributed by atoms with Crippen molar-refractivity contribution in [3.05, 3.63) is 42.5 Å². The van der Waals surface area contributed by atoms with E-state index < -0.39 is 0 Å². The van der Waals surface area contributed by atoms with Crippen LogP contribution in [0, 0.1) is 0 Å². The summed E-state index contributed by atoms with van der Waals surface area (Å²) in [6.07, 6.45) is 9.47. The lowest BCUT2D eigenvalue weighted by Crippen LogP contribution is -2.30. The Balaban J connectivity index is 1.41. The zero-order valence-corrected chi connectivity index (χ0v) is 14.0. The summed E-state index contributed by atoms with van der Waals surface area (Å²) in [5.74, 6) is -0.0176. The second-order valence-electron chi connectivity index (χ2n) is 6.25. The normalized spacial score (nSPS) is 15.8. The average molecular weight is 327 g/mol. The number of nitrogens with zero attached hydrogens (tertiary/aromatic N) is 4. The van der Waals surface area contributed by atoms with Gasteiger partial charge in [-0.2, -0.15) is 5.10 Å². The Morgan fingerprint density at radius 3 is 2.50 bits per heavy atom. The summed E-state index contributed by atoms with van der Waals surface area (Å²) in [5, 5.41) is 7.08. The topological polar surface area (TPSA) is 63.1 Å². The van der Waals surface area contributed by atoms with Crippen molar-refractivity contribution in [1.29, 1.82) is 0 Å². The van der Waals surface area contributed by atoms with E-state index in [1.165, 1.54) is 45.1 Å². The minimum absolute atomic E-state index is 0.0176. The van der Waals surface area contributed by atoms with Crippen LogP contribution in [0.15, 0.2) is 36.9 Å². The summed E-state index contributed by atoms with van der Waals surface area (Å²) in [6.45, 7) is 4.21. The van der Waals surface area contributed by atoms with E-state index in [1.54, 1.807) is 11.0 Å². The van der Waals surface area contributed by atoms with Crippen molar-refractivity contribution in [3.8, 4) is 5.69 Å². The molecule has 0 unspecified atom stereocenters. The quantitative estimate of drug-likeness (QED) is 0.827. The molecule has 0 spiro atoms. The maximum atomic E-state index is 12.2. The van der Waals surface area contributed by atoms with E-state index in [4.69, 9.17) is 0 Å². The number of carbonyl (C=O) groups excluding carboxylic acids is 1. The molecule has 0 radical (unpaired) electrons. The summed E-state index contributed by atoms with van der Waals surface area (Å²) < 4.78 is 1.67. The molecule has 6 nitrogen and oxygen atoms in total. The Labute approximate surface area is 142 Å². The van der Waals surface area contributed by atoms with Crippen LogP contribution in [-0.2, 0) is 0 Å². The highest BCUT2D eigenvalue weighted by atomic mass is 16.1. The van der Waals surface area contributed by atoms with Gasteiger partial charge in [-0.1, -0.05) is 12.8 Å². The predicted octanol–water partition coefficient (Wildman–Crippen LogP) is 2.26. The number of aromatic nitrogens is 3. The van der Waals surface area contributed by atoms with E-state index in [2.05, 4.69) is 20.3 Å². The molecule has 0 aliphatic carbocycles. The Bertz CT molecular complexity index is 615. The van der Waals surface area contributed by atoms with Gasteiger partial charge in [0.05, 0.1) is 5.69 Å². The molecule has 24 heavy (non-hydrogen) atoms. The first-order chi connectivity index (χ1) is 11.8. The first-order valence-corrected chi connectivity index (χ1v) is 8.78. The van der Waals surface area contributed by atoms with Gasteiger partial charge in [0, 0.05) is 12.1 Å². The molecular weight excluding hydrogens is 302 g/mol. The first-order valence-electron chi connectivity index (χ1n) is 8.78. The summed E-state index contributed by atoms with van der Waals surface area (Å²) in [4.78, 5) is 18.6. The first kappa shape index (κ1) is 16.6. The fourth-order valence-electron chi connectivity index (χ4n) is 3.07. The molecule has 1 aromatic carbocycles. The molecule has 1 aliphatic rings. The van der Waals surface area contributed by atoms with Gasteiger partial charge in [-0.3, -0.25) is 4.79 Å². The lowest BCUT2D eigenvalue weighted by molar-refractivity contribution is 0.0951. The zero-order valence-electron chi connectivity index (χ0n) is 14.0. The zero-order chi connectivity index (χ0) is 16.6. The minimum Gasteiger partial charge on any atom is -0.352 e. The predicted molar refractivity (Wildman–Crippen MR) is 93.2 cm³/mol. The summed E-state index contributed by atoms with van der Waals surface area (Å²) in [7, 11) is 0. The van der Waals surface area contributed by atoms with E-state index in [-0.39, 0.29) is 5.91 Å². The second-order valence-corrected chi connectivity index (χ2v) is 6.25. The lowest BCUT2D eigenvalue weighted by atomic mass is 10.2. The van der Waals surface area contributed by atoms with Crippen LogP contribution in [0.25, 0.3) is 5.69 Å². The Kier molecular flexibility index (Phi) is 5.96. The number of amides is 1. The lowest BCUT2D eigenvalue weighted by Gasteiger charge is -2.19. The molecular formula is C18H25N5O. The van der Waals surface area contributed by atoms with Crippen LogP contribution in [0.1, 0.15) is 42.5 Å². The molecule has 2 heterocycles. The molecule has 0 bridgehead atoms. The van der Waals surface area contributed by atoms with Crippen molar-refractivity contribution >= 4 is 5.91 Å². The number of likely N-dealkylation sites (tertiary alicyclic amines) is 1. The van der Waals surface area contributed by atoms with Gasteiger partial charge in [0.2, 0.25) is 0 Å². The van der Waals surface area contributed by atoms with Crippen LogP contribution < -0.4 is 5.32 Å². The third-order valence-electron chi connectivity index (χ3n) is 4.45. The van der Waals surface area contributed by atoms with E-state index >= 15 is 0 Å². The number of benzene rings is 1. The van der Waals surface area contributed by atoms with Crippen molar-refractivity contribution in [2.24, 2.45) is 0 Å². The smallest absolute Gasteiger partial charge is 0.251 e. The number of hydrogen-bond donors (Lipinski definition) is 1. The highest BCUT2D eigenvalue weighted by molar-refractivity contribution is 5.94. The van der Waals surface area contributed by atoms with E-state index in [0.29, 0.717) is 5.56 Å². The standard InChI is InChI=1S/C18H25N5O/c24-18(20-10-5-13-22-11-3-1-2-4-12-22)16-6-8-17(9-7-16)23-15-19-14-21-23/h6-9,14-15H,1-5,10-13H2,(H,20,24). The molecule has 2 aromatic rings. The van der Waals surface area contributed by atoms with E-state index in [0.717, 1.165) is 25.2 Å². The SMILES string of the molecule is O=C(NCCCN1CCCCCC1)c1ccc(-n2cncn2)cc1. The molecule has 1 fully saturated rings. The monoisotopic (exact) mass is 327 g/mol. The number of hydrogen-bond acceptors (Lipinski definition) is 4. The van der Waals surface area contributed by atoms with E-state index in [9.17, 15) is 4.79 Å². The van der Waals surface area contributed by atoms with Crippen molar-refractivity contribution in [1.82, 2.24) is 25.0 Å². The van der Waals surface area contributed by atoms with Crippen LogP contribution in [0.4, 0.5) is 0 Å². The molecule has 3 rings (SSSR count). The molecule has 6 heteroatoms. The van der Waals surface area contributed by atoms with Gasteiger partial charge in [-0.05, 0) is 63.2 Å². The van der Waals surface area contributed by atoms with Crippen LogP contribution in [0.3, 0.4) is 0 Å². The average Bonchev–Trinajstić information content (AvgIpc) is 3.03. The highest BCUT2D eigenvalue weighted by Gasteiger charge is 2.09. The summed E-state index contributed by atoms with van der Waals surface area (Å²) in [5.41, 5.74) is 1.57. The maximum Gasteiger partial charge on any atom is 0.251 e. The summed E-state index contributed by atoms with van der Waals surface area (Å²) in [6, 6.07) is 7.39. The van der Waals surface area contributed by atoms with Crippen molar-refractivity contribution in [2.45, 2.75) is 32.1 Å². The van der Waals surface area contributed by atoms with Crippen LogP contribution in [0.5, 0.6) is 0 Å².